The van der Waals surface area contributed by atoms with Gasteiger partial charge in [-0.05, 0) is 81.2 Å². The fraction of sp³-hybridized carbons (Fsp3) is 0.240. The van der Waals surface area contributed by atoms with Crippen molar-refractivity contribution in [1.82, 2.24) is 19.7 Å². The number of rotatable bonds is 9. The van der Waals surface area contributed by atoms with Crippen LogP contribution in [0.5, 0.6) is 5.75 Å². The van der Waals surface area contributed by atoms with Crippen molar-refractivity contribution < 1.29 is 13.9 Å². The van der Waals surface area contributed by atoms with Gasteiger partial charge < -0.3 is 9.64 Å². The van der Waals surface area contributed by atoms with Gasteiger partial charge in [0.1, 0.15) is 23.8 Å². The number of ether oxygens (including phenoxy) is 1. The molecule has 2 aromatic heterocycles. The van der Waals surface area contributed by atoms with E-state index in [9.17, 15) is 9.18 Å². The van der Waals surface area contributed by atoms with Crippen molar-refractivity contribution in [2.45, 2.75) is 13.0 Å². The number of halogens is 1. The van der Waals surface area contributed by atoms with Gasteiger partial charge in [0.25, 0.3) is 0 Å². The first-order valence-corrected chi connectivity index (χ1v) is 10.5. The normalized spacial score (nSPS) is 11.2. The molecule has 0 saturated heterocycles. The van der Waals surface area contributed by atoms with Crippen molar-refractivity contribution >= 4 is 16.8 Å². The molecule has 2 heterocycles. The number of carbonyl (C=O) groups is 1. The molecule has 0 atom stereocenters. The van der Waals surface area contributed by atoms with Crippen molar-refractivity contribution in [3.8, 4) is 17.0 Å². The maximum Gasteiger partial charge on any atom is 0.184 e. The number of ketones is 1. The predicted molar refractivity (Wildman–Crippen MR) is 122 cm³/mol. The molecule has 0 amide bonds. The molecule has 0 fully saturated rings. The van der Waals surface area contributed by atoms with E-state index >= 15 is 0 Å². The molecule has 0 radical (unpaired) electrons. The summed E-state index contributed by atoms with van der Waals surface area (Å²) in [7, 11) is 4.08. The lowest BCUT2D eigenvalue weighted by molar-refractivity contribution is 0.0969. The summed E-state index contributed by atoms with van der Waals surface area (Å²) >= 11 is 0. The van der Waals surface area contributed by atoms with Crippen LogP contribution in [0.1, 0.15) is 16.8 Å². The SMILES string of the molecule is CN(C)CCCOc1ccc(-c2nn(CC(=O)c3ccc(F)cc3)c3ncccc23)cc1. The average molecular weight is 432 g/mol. The second-order valence-corrected chi connectivity index (χ2v) is 7.84. The molecule has 164 valence electrons. The van der Waals surface area contributed by atoms with Crippen LogP contribution in [0.4, 0.5) is 4.39 Å². The zero-order valence-corrected chi connectivity index (χ0v) is 18.2. The topological polar surface area (TPSA) is 60.2 Å². The molecule has 0 unspecified atom stereocenters. The van der Waals surface area contributed by atoms with Gasteiger partial charge in [-0.1, -0.05) is 0 Å². The second kappa shape index (κ2) is 9.70. The summed E-state index contributed by atoms with van der Waals surface area (Å²) in [6, 6.07) is 17.1. The zero-order valence-electron chi connectivity index (χ0n) is 18.2. The number of hydrogen-bond acceptors (Lipinski definition) is 5. The lowest BCUT2D eigenvalue weighted by Gasteiger charge is -2.10. The summed E-state index contributed by atoms with van der Waals surface area (Å²) in [6.07, 6.45) is 2.63. The van der Waals surface area contributed by atoms with Crippen molar-refractivity contribution in [3.05, 3.63) is 78.2 Å². The molecule has 0 aliphatic rings. The van der Waals surface area contributed by atoms with E-state index in [-0.39, 0.29) is 18.1 Å². The molecule has 2 aromatic carbocycles. The van der Waals surface area contributed by atoms with Gasteiger partial charge in [0.15, 0.2) is 11.4 Å². The van der Waals surface area contributed by atoms with E-state index < -0.39 is 0 Å². The third-order valence-corrected chi connectivity index (χ3v) is 5.11. The Hall–Kier alpha value is -3.58. The molecule has 0 saturated carbocycles. The van der Waals surface area contributed by atoms with E-state index in [4.69, 9.17) is 4.74 Å². The summed E-state index contributed by atoms with van der Waals surface area (Å²) in [5, 5.41) is 5.54. The molecule has 0 N–H and O–H groups in total. The van der Waals surface area contributed by atoms with E-state index in [0.29, 0.717) is 17.8 Å². The second-order valence-electron chi connectivity index (χ2n) is 7.84. The zero-order chi connectivity index (χ0) is 22.5. The molecular formula is C25H25FN4O2. The van der Waals surface area contributed by atoms with Crippen molar-refractivity contribution in [1.29, 1.82) is 0 Å². The van der Waals surface area contributed by atoms with Gasteiger partial charge in [0.2, 0.25) is 0 Å². The summed E-state index contributed by atoms with van der Waals surface area (Å²) in [6.45, 7) is 1.65. The molecule has 4 aromatic rings. The van der Waals surface area contributed by atoms with Crippen LogP contribution >= 0.6 is 0 Å². The van der Waals surface area contributed by atoms with Gasteiger partial charge in [-0.2, -0.15) is 5.10 Å². The number of aromatic nitrogens is 3. The van der Waals surface area contributed by atoms with Crippen molar-refractivity contribution in [2.75, 3.05) is 27.2 Å². The smallest absolute Gasteiger partial charge is 0.184 e. The minimum absolute atomic E-state index is 0.0201. The Morgan fingerprint density at radius 2 is 1.81 bits per heavy atom. The fourth-order valence-electron chi connectivity index (χ4n) is 3.48. The maximum atomic E-state index is 13.2. The van der Waals surface area contributed by atoms with Gasteiger partial charge in [-0.15, -0.1) is 0 Å². The molecule has 7 heteroatoms. The molecule has 32 heavy (non-hydrogen) atoms. The highest BCUT2D eigenvalue weighted by Crippen LogP contribution is 2.28. The Kier molecular flexibility index (Phi) is 6.56. The Bertz CT molecular complexity index is 1200. The Balaban J connectivity index is 1.55. The monoisotopic (exact) mass is 432 g/mol. The Labute approximate surface area is 186 Å². The number of fused-ring (bicyclic) bond motifs is 1. The van der Waals surface area contributed by atoms with Gasteiger partial charge >= 0.3 is 0 Å². The number of pyridine rings is 1. The Morgan fingerprint density at radius 1 is 1.06 bits per heavy atom. The number of benzene rings is 2. The number of carbonyl (C=O) groups excluding carboxylic acids is 1. The standard InChI is InChI=1S/C25H25FN4O2/c1-29(2)15-4-16-32-21-12-8-19(9-13-21)24-22-5-3-14-27-25(22)30(28-24)17-23(31)18-6-10-20(26)11-7-18/h3,5-14H,4,15-17H2,1-2H3. The first-order valence-electron chi connectivity index (χ1n) is 10.5. The van der Waals surface area contributed by atoms with E-state index in [1.165, 1.54) is 24.3 Å². The number of Topliss-reactive ketones (excluding diaryl/α,β-unsaturated/α-hetero) is 1. The van der Waals surface area contributed by atoms with Crippen LogP contribution in [0, 0.1) is 5.82 Å². The molecule has 0 bridgehead atoms. The van der Waals surface area contributed by atoms with Crippen LogP contribution in [0.2, 0.25) is 0 Å². The fourth-order valence-corrected chi connectivity index (χ4v) is 3.48. The van der Waals surface area contributed by atoms with Crippen LogP contribution in [0.25, 0.3) is 22.3 Å². The van der Waals surface area contributed by atoms with Gasteiger partial charge in [0, 0.05) is 29.3 Å². The first-order chi connectivity index (χ1) is 15.5. The predicted octanol–water partition coefficient (Wildman–Crippen LogP) is 4.45. The number of hydrogen-bond donors (Lipinski definition) is 0. The third kappa shape index (κ3) is 5.00. The van der Waals surface area contributed by atoms with Crippen LogP contribution in [-0.4, -0.2) is 52.7 Å². The summed E-state index contributed by atoms with van der Waals surface area (Å²) in [5.41, 5.74) is 2.72. The highest BCUT2D eigenvalue weighted by molar-refractivity contribution is 5.97. The van der Waals surface area contributed by atoms with Gasteiger partial charge in [-0.25, -0.2) is 14.1 Å². The Morgan fingerprint density at radius 3 is 2.53 bits per heavy atom. The van der Waals surface area contributed by atoms with Crippen LogP contribution < -0.4 is 4.74 Å². The molecule has 0 spiro atoms. The van der Waals surface area contributed by atoms with Gasteiger partial charge in [0.05, 0.1) is 6.61 Å². The minimum atomic E-state index is -0.375. The molecular weight excluding hydrogens is 407 g/mol. The quantitative estimate of drug-likeness (QED) is 0.289. The lowest BCUT2D eigenvalue weighted by atomic mass is 10.1. The maximum absolute atomic E-state index is 13.2. The largest absolute Gasteiger partial charge is 0.494 e. The lowest BCUT2D eigenvalue weighted by Crippen LogP contribution is -2.15. The van der Waals surface area contributed by atoms with Crippen LogP contribution in [0.3, 0.4) is 0 Å². The minimum Gasteiger partial charge on any atom is -0.494 e. The first kappa shape index (κ1) is 21.6. The molecule has 6 nitrogen and oxygen atoms in total. The third-order valence-electron chi connectivity index (χ3n) is 5.11. The summed E-state index contributed by atoms with van der Waals surface area (Å²) in [4.78, 5) is 19.3. The molecule has 4 rings (SSSR count). The van der Waals surface area contributed by atoms with Crippen molar-refractivity contribution in [3.63, 3.8) is 0 Å². The van der Waals surface area contributed by atoms with E-state index in [1.807, 2.05) is 50.5 Å². The van der Waals surface area contributed by atoms with Crippen LogP contribution in [-0.2, 0) is 6.54 Å². The van der Waals surface area contributed by atoms with E-state index in [2.05, 4.69) is 15.0 Å². The van der Waals surface area contributed by atoms with E-state index in [1.54, 1.807) is 10.9 Å². The molecule has 0 aliphatic heterocycles. The molecule has 0 aliphatic carbocycles. The van der Waals surface area contributed by atoms with Crippen LogP contribution in [0.15, 0.2) is 66.9 Å². The highest BCUT2D eigenvalue weighted by atomic mass is 19.1. The average Bonchev–Trinajstić information content (AvgIpc) is 3.16. The van der Waals surface area contributed by atoms with Gasteiger partial charge in [-0.3, -0.25) is 4.79 Å². The van der Waals surface area contributed by atoms with Crippen molar-refractivity contribution in [2.24, 2.45) is 0 Å². The summed E-state index contributed by atoms with van der Waals surface area (Å²) in [5.74, 6) is 0.272. The number of nitrogens with zero attached hydrogens (tertiary/aromatic N) is 4. The van der Waals surface area contributed by atoms with E-state index in [0.717, 1.165) is 35.4 Å². The summed E-state index contributed by atoms with van der Waals surface area (Å²) < 4.78 is 20.6. The highest BCUT2D eigenvalue weighted by Gasteiger charge is 2.16.